The van der Waals surface area contributed by atoms with Crippen molar-refractivity contribution in [3.8, 4) is 22.9 Å². The van der Waals surface area contributed by atoms with Crippen LogP contribution in [0, 0.1) is 11.6 Å². The zero-order chi connectivity index (χ0) is 20.1. The highest BCUT2D eigenvalue weighted by Crippen LogP contribution is 2.31. The second kappa shape index (κ2) is 8.88. The average molecular weight is 403 g/mol. The fourth-order valence-electron chi connectivity index (χ4n) is 2.62. The Morgan fingerprint density at radius 2 is 1.75 bits per heavy atom. The minimum atomic E-state index is -0.866. The number of hydrogen-bond donors (Lipinski definition) is 0. The number of aromatic nitrogens is 3. The minimum Gasteiger partial charge on any atom is -0.497 e. The molecule has 8 heteroatoms. The van der Waals surface area contributed by atoms with Crippen molar-refractivity contribution in [2.45, 2.75) is 17.5 Å². The molecule has 0 saturated heterocycles. The van der Waals surface area contributed by atoms with Crippen LogP contribution in [0.5, 0.6) is 11.5 Å². The summed E-state index contributed by atoms with van der Waals surface area (Å²) in [7, 11) is 3.16. The van der Waals surface area contributed by atoms with Crippen LogP contribution in [0.15, 0.2) is 54.2 Å². The fraction of sp³-hybridized carbons (Fsp3) is 0.200. The summed E-state index contributed by atoms with van der Waals surface area (Å²) < 4.78 is 39.1. The lowest BCUT2D eigenvalue weighted by Crippen LogP contribution is -2.01. The van der Waals surface area contributed by atoms with Gasteiger partial charge in [0.05, 0.1) is 14.2 Å². The topological polar surface area (TPSA) is 49.2 Å². The molecule has 1 aromatic heterocycles. The summed E-state index contributed by atoms with van der Waals surface area (Å²) in [6, 6.07) is 9.31. The van der Waals surface area contributed by atoms with Crippen molar-refractivity contribution in [1.82, 2.24) is 14.8 Å². The zero-order valence-corrected chi connectivity index (χ0v) is 16.3. The maximum absolute atomic E-state index is 13.4. The standard InChI is InChI=1S/C20H19F2N3O2S/c1-4-7-25-19(14-9-15(26-2)11-16(10-14)27-3)23-24-20(25)28-12-13-5-6-17(21)18(22)8-13/h4-6,8-11H,1,7,12H2,2-3H3. The molecule has 0 radical (unpaired) electrons. The highest BCUT2D eigenvalue weighted by Gasteiger charge is 2.16. The lowest BCUT2D eigenvalue weighted by Gasteiger charge is -2.10. The van der Waals surface area contributed by atoms with Crippen molar-refractivity contribution in [3.63, 3.8) is 0 Å². The number of thioether (sulfide) groups is 1. The van der Waals surface area contributed by atoms with Gasteiger partial charge in [0, 0.05) is 23.9 Å². The molecule has 0 fully saturated rings. The molecule has 0 unspecified atom stereocenters. The van der Waals surface area contributed by atoms with E-state index < -0.39 is 11.6 Å². The van der Waals surface area contributed by atoms with Crippen molar-refractivity contribution >= 4 is 11.8 Å². The number of halogens is 2. The third-order valence-electron chi connectivity index (χ3n) is 3.99. The first-order valence-corrected chi connectivity index (χ1v) is 9.38. The van der Waals surface area contributed by atoms with Crippen LogP contribution in [-0.2, 0) is 12.3 Å². The SMILES string of the molecule is C=CCn1c(SCc2ccc(F)c(F)c2)nnc1-c1cc(OC)cc(OC)c1. The summed E-state index contributed by atoms with van der Waals surface area (Å²) in [5, 5.41) is 9.20. The van der Waals surface area contributed by atoms with E-state index in [1.165, 1.54) is 17.8 Å². The van der Waals surface area contributed by atoms with Crippen LogP contribution in [-0.4, -0.2) is 29.0 Å². The van der Waals surface area contributed by atoms with Gasteiger partial charge in [-0.2, -0.15) is 0 Å². The molecule has 0 atom stereocenters. The van der Waals surface area contributed by atoms with E-state index in [9.17, 15) is 8.78 Å². The van der Waals surface area contributed by atoms with E-state index in [0.717, 1.165) is 11.6 Å². The number of methoxy groups -OCH3 is 2. The summed E-state index contributed by atoms with van der Waals surface area (Å²) in [4.78, 5) is 0. The van der Waals surface area contributed by atoms with Gasteiger partial charge in [-0.05, 0) is 29.8 Å². The van der Waals surface area contributed by atoms with Crippen LogP contribution in [0.3, 0.4) is 0 Å². The molecule has 28 heavy (non-hydrogen) atoms. The third-order valence-corrected chi connectivity index (χ3v) is 5.03. The molecular formula is C20H19F2N3O2S. The molecule has 0 N–H and O–H groups in total. The molecule has 0 saturated carbocycles. The summed E-state index contributed by atoms with van der Waals surface area (Å²) in [5.41, 5.74) is 1.44. The van der Waals surface area contributed by atoms with E-state index in [0.29, 0.717) is 40.3 Å². The number of nitrogens with zero attached hydrogens (tertiary/aromatic N) is 3. The predicted octanol–water partition coefficient (Wildman–Crippen LogP) is 4.72. The Morgan fingerprint density at radius 1 is 1.04 bits per heavy atom. The molecule has 0 aliphatic heterocycles. The second-order valence-electron chi connectivity index (χ2n) is 5.84. The van der Waals surface area contributed by atoms with E-state index in [-0.39, 0.29) is 0 Å². The molecule has 0 aliphatic carbocycles. The first-order chi connectivity index (χ1) is 13.5. The Morgan fingerprint density at radius 3 is 2.36 bits per heavy atom. The third kappa shape index (κ3) is 4.33. The van der Waals surface area contributed by atoms with E-state index >= 15 is 0 Å². The summed E-state index contributed by atoms with van der Waals surface area (Å²) in [5.74, 6) is 0.600. The maximum atomic E-state index is 13.4. The minimum absolute atomic E-state index is 0.425. The second-order valence-corrected chi connectivity index (χ2v) is 6.79. The van der Waals surface area contributed by atoms with Gasteiger partial charge in [-0.3, -0.25) is 4.57 Å². The van der Waals surface area contributed by atoms with Crippen LogP contribution in [0.4, 0.5) is 8.78 Å². The van der Waals surface area contributed by atoms with Crippen molar-refractivity contribution < 1.29 is 18.3 Å². The Balaban J connectivity index is 1.91. The molecule has 3 aromatic rings. The molecule has 3 rings (SSSR count). The van der Waals surface area contributed by atoms with Crippen LogP contribution in [0.1, 0.15) is 5.56 Å². The van der Waals surface area contributed by atoms with Gasteiger partial charge in [0.15, 0.2) is 22.6 Å². The molecule has 0 amide bonds. The van der Waals surface area contributed by atoms with Crippen LogP contribution in [0.25, 0.3) is 11.4 Å². The largest absolute Gasteiger partial charge is 0.497 e. The van der Waals surface area contributed by atoms with Crippen molar-refractivity contribution in [3.05, 3.63) is 66.3 Å². The van der Waals surface area contributed by atoms with Crippen molar-refractivity contribution in [2.24, 2.45) is 0 Å². The van der Waals surface area contributed by atoms with Gasteiger partial charge in [0.25, 0.3) is 0 Å². The number of benzene rings is 2. The smallest absolute Gasteiger partial charge is 0.192 e. The number of ether oxygens (including phenoxy) is 2. The molecule has 0 spiro atoms. The summed E-state index contributed by atoms with van der Waals surface area (Å²) in [6.45, 7) is 4.28. The van der Waals surface area contributed by atoms with Gasteiger partial charge in [-0.25, -0.2) is 8.78 Å². The van der Waals surface area contributed by atoms with Gasteiger partial charge in [-0.15, -0.1) is 16.8 Å². The Hall–Kier alpha value is -2.87. The van der Waals surface area contributed by atoms with Gasteiger partial charge in [0.2, 0.25) is 0 Å². The monoisotopic (exact) mass is 403 g/mol. The van der Waals surface area contributed by atoms with Gasteiger partial charge in [-0.1, -0.05) is 23.9 Å². The van der Waals surface area contributed by atoms with Crippen LogP contribution < -0.4 is 9.47 Å². The molecule has 0 bridgehead atoms. The van der Waals surface area contributed by atoms with E-state index in [1.807, 2.05) is 16.7 Å². The summed E-state index contributed by atoms with van der Waals surface area (Å²) >= 11 is 1.38. The predicted molar refractivity (Wildman–Crippen MR) is 105 cm³/mol. The van der Waals surface area contributed by atoms with Gasteiger partial charge >= 0.3 is 0 Å². The number of rotatable bonds is 8. The molecule has 2 aromatic carbocycles. The maximum Gasteiger partial charge on any atom is 0.192 e. The first kappa shape index (κ1) is 19.9. The number of allylic oxidation sites excluding steroid dienone is 1. The zero-order valence-electron chi connectivity index (χ0n) is 15.5. The lowest BCUT2D eigenvalue weighted by molar-refractivity contribution is 0.394. The quantitative estimate of drug-likeness (QED) is 0.402. The van der Waals surface area contributed by atoms with Gasteiger partial charge < -0.3 is 9.47 Å². The van der Waals surface area contributed by atoms with Crippen molar-refractivity contribution in [1.29, 1.82) is 0 Å². The molecule has 5 nitrogen and oxygen atoms in total. The molecule has 0 aliphatic rings. The first-order valence-electron chi connectivity index (χ1n) is 8.40. The Kier molecular flexibility index (Phi) is 6.30. The van der Waals surface area contributed by atoms with Crippen LogP contribution in [0.2, 0.25) is 0 Å². The fourth-order valence-corrected chi connectivity index (χ4v) is 3.51. The van der Waals surface area contributed by atoms with Crippen LogP contribution >= 0.6 is 11.8 Å². The molecular weight excluding hydrogens is 384 g/mol. The Labute approximate surface area is 166 Å². The Bertz CT molecular complexity index is 969. The normalized spacial score (nSPS) is 10.7. The van der Waals surface area contributed by atoms with E-state index in [1.54, 1.807) is 32.4 Å². The van der Waals surface area contributed by atoms with E-state index in [4.69, 9.17) is 9.47 Å². The molecule has 1 heterocycles. The van der Waals surface area contributed by atoms with Gasteiger partial charge in [0.1, 0.15) is 11.5 Å². The average Bonchev–Trinajstić information content (AvgIpc) is 3.11. The summed E-state index contributed by atoms with van der Waals surface area (Å²) in [6.07, 6.45) is 1.74. The van der Waals surface area contributed by atoms with Crippen molar-refractivity contribution in [2.75, 3.05) is 14.2 Å². The molecule has 146 valence electrons. The lowest BCUT2D eigenvalue weighted by atomic mass is 10.2. The highest BCUT2D eigenvalue weighted by atomic mass is 32.2. The van der Waals surface area contributed by atoms with E-state index in [2.05, 4.69) is 16.8 Å². The number of hydrogen-bond acceptors (Lipinski definition) is 5. The highest BCUT2D eigenvalue weighted by molar-refractivity contribution is 7.98.